The van der Waals surface area contributed by atoms with Gasteiger partial charge in [0.2, 0.25) is 15.9 Å². The summed E-state index contributed by atoms with van der Waals surface area (Å²) in [7, 11) is -3.73. The lowest BCUT2D eigenvalue weighted by atomic mass is 9.89. The predicted octanol–water partition coefficient (Wildman–Crippen LogP) is 2.68. The third kappa shape index (κ3) is 5.03. The van der Waals surface area contributed by atoms with Gasteiger partial charge in [-0.25, -0.2) is 13.6 Å². The standard InChI is InChI=1S/C20H24N4O3S2/c1-12-3-8-16-17(10-21)20(28-18(16)9-12)24-19(25)11-23-13(2)14-4-6-15(7-5-14)29(22,26)27/h4-7,12-13,23H,3,8-9,11H2,1-2H3,(H,24,25)(H2,22,26,27)/t12-,13-/m1/s1. The second-order valence-corrected chi connectivity index (χ2v) is 10.1. The fourth-order valence-electron chi connectivity index (χ4n) is 3.44. The molecule has 1 aromatic carbocycles. The lowest BCUT2D eigenvalue weighted by Crippen LogP contribution is -2.30. The molecule has 9 heteroatoms. The molecule has 1 amide bonds. The van der Waals surface area contributed by atoms with Crippen molar-refractivity contribution in [2.45, 2.75) is 44.0 Å². The van der Waals surface area contributed by atoms with Crippen LogP contribution in [0.3, 0.4) is 0 Å². The Bertz CT molecular complexity index is 1050. The van der Waals surface area contributed by atoms with Crippen molar-refractivity contribution in [3.63, 3.8) is 0 Å². The molecule has 0 bridgehead atoms. The number of benzene rings is 1. The molecule has 2 aromatic rings. The number of sulfonamides is 1. The maximum Gasteiger partial charge on any atom is 0.238 e. The number of hydrogen-bond donors (Lipinski definition) is 3. The first kappa shape index (κ1) is 21.5. The van der Waals surface area contributed by atoms with Crippen molar-refractivity contribution in [2.24, 2.45) is 11.1 Å². The summed E-state index contributed by atoms with van der Waals surface area (Å²) < 4.78 is 22.7. The smallest absolute Gasteiger partial charge is 0.238 e. The molecule has 0 fully saturated rings. The lowest BCUT2D eigenvalue weighted by Gasteiger charge is -2.17. The Labute approximate surface area is 175 Å². The zero-order chi connectivity index (χ0) is 21.2. The summed E-state index contributed by atoms with van der Waals surface area (Å²) in [5.74, 6) is 0.376. The van der Waals surface area contributed by atoms with Crippen LogP contribution in [0, 0.1) is 17.2 Å². The SMILES string of the molecule is C[C@@H]1CCc2c(sc(NC(=O)CN[C@H](C)c3ccc(S(N)(=O)=O)cc3)c2C#N)C1. The van der Waals surface area contributed by atoms with E-state index in [0.717, 1.165) is 30.4 Å². The number of nitrogens with one attached hydrogen (secondary N) is 2. The minimum absolute atomic E-state index is 0.0474. The number of amides is 1. The van der Waals surface area contributed by atoms with E-state index >= 15 is 0 Å². The van der Waals surface area contributed by atoms with Crippen molar-refractivity contribution < 1.29 is 13.2 Å². The number of anilines is 1. The molecule has 0 saturated heterocycles. The van der Waals surface area contributed by atoms with Crippen LogP contribution in [0.5, 0.6) is 0 Å². The maximum absolute atomic E-state index is 12.4. The molecule has 1 aliphatic rings. The third-order valence-corrected chi connectivity index (χ3v) is 7.25. The van der Waals surface area contributed by atoms with E-state index in [0.29, 0.717) is 16.5 Å². The van der Waals surface area contributed by atoms with Gasteiger partial charge in [0.05, 0.1) is 17.0 Å². The van der Waals surface area contributed by atoms with Crippen LogP contribution in [0.25, 0.3) is 0 Å². The fraction of sp³-hybridized carbons (Fsp3) is 0.400. The van der Waals surface area contributed by atoms with Crippen molar-refractivity contribution in [3.05, 3.63) is 45.8 Å². The van der Waals surface area contributed by atoms with E-state index in [9.17, 15) is 18.5 Å². The average Bonchev–Trinajstić information content (AvgIpc) is 3.01. The average molecular weight is 433 g/mol. The van der Waals surface area contributed by atoms with Crippen molar-refractivity contribution in [3.8, 4) is 6.07 Å². The van der Waals surface area contributed by atoms with Gasteiger partial charge >= 0.3 is 0 Å². The van der Waals surface area contributed by atoms with Gasteiger partial charge in [0.25, 0.3) is 0 Å². The summed E-state index contributed by atoms with van der Waals surface area (Å²) in [6.07, 6.45) is 2.90. The van der Waals surface area contributed by atoms with Gasteiger partial charge in [-0.05, 0) is 55.4 Å². The van der Waals surface area contributed by atoms with E-state index in [4.69, 9.17) is 5.14 Å². The molecular weight excluding hydrogens is 408 g/mol. The molecule has 3 rings (SSSR count). The number of carbonyl (C=O) groups is 1. The van der Waals surface area contributed by atoms with Crippen LogP contribution in [-0.2, 0) is 27.7 Å². The summed E-state index contributed by atoms with van der Waals surface area (Å²) in [6.45, 7) is 4.15. The molecule has 7 nitrogen and oxygen atoms in total. The van der Waals surface area contributed by atoms with Gasteiger partial charge in [0.15, 0.2) is 0 Å². The molecule has 154 valence electrons. The summed E-state index contributed by atoms with van der Waals surface area (Å²) in [5, 5.41) is 21.2. The van der Waals surface area contributed by atoms with Gasteiger partial charge < -0.3 is 10.6 Å². The maximum atomic E-state index is 12.4. The molecule has 2 atom stereocenters. The largest absolute Gasteiger partial charge is 0.315 e. The molecule has 0 unspecified atom stereocenters. The van der Waals surface area contributed by atoms with Crippen LogP contribution in [0.4, 0.5) is 5.00 Å². The van der Waals surface area contributed by atoms with Gasteiger partial charge in [-0.1, -0.05) is 19.1 Å². The number of thiophene rings is 1. The monoisotopic (exact) mass is 432 g/mol. The number of nitriles is 1. The van der Waals surface area contributed by atoms with Gasteiger partial charge in [0.1, 0.15) is 11.1 Å². The topological polar surface area (TPSA) is 125 Å². The van der Waals surface area contributed by atoms with E-state index in [-0.39, 0.29) is 23.4 Å². The fourth-order valence-corrected chi connectivity index (χ4v) is 5.33. The number of carbonyl (C=O) groups excluding carboxylic acids is 1. The van der Waals surface area contributed by atoms with Crippen LogP contribution in [0.15, 0.2) is 29.2 Å². The Hall–Kier alpha value is -2.25. The van der Waals surface area contributed by atoms with Gasteiger partial charge in [-0.2, -0.15) is 5.26 Å². The second kappa shape index (κ2) is 8.63. The van der Waals surface area contributed by atoms with Crippen molar-refractivity contribution in [1.29, 1.82) is 5.26 Å². The number of hydrogen-bond acceptors (Lipinski definition) is 6. The van der Waals surface area contributed by atoms with Crippen LogP contribution < -0.4 is 15.8 Å². The minimum Gasteiger partial charge on any atom is -0.315 e. The Balaban J connectivity index is 1.61. The van der Waals surface area contributed by atoms with Crippen LogP contribution in [0.1, 0.15) is 47.9 Å². The molecule has 0 radical (unpaired) electrons. The van der Waals surface area contributed by atoms with Crippen LogP contribution in [0.2, 0.25) is 0 Å². The Morgan fingerprint density at radius 1 is 1.38 bits per heavy atom. The first-order valence-electron chi connectivity index (χ1n) is 9.39. The molecule has 1 heterocycles. The first-order chi connectivity index (χ1) is 13.7. The van der Waals surface area contributed by atoms with Crippen molar-refractivity contribution in [2.75, 3.05) is 11.9 Å². The quantitative estimate of drug-likeness (QED) is 0.647. The normalized spacial score (nSPS) is 17.2. The summed E-state index contributed by atoms with van der Waals surface area (Å²) in [4.78, 5) is 13.7. The molecule has 0 aliphatic heterocycles. The number of nitrogens with two attached hydrogens (primary N) is 1. The Morgan fingerprint density at radius 2 is 2.07 bits per heavy atom. The number of rotatable bonds is 6. The lowest BCUT2D eigenvalue weighted by molar-refractivity contribution is -0.115. The van der Waals surface area contributed by atoms with E-state index < -0.39 is 10.0 Å². The number of fused-ring (bicyclic) bond motifs is 1. The highest BCUT2D eigenvalue weighted by Gasteiger charge is 2.24. The zero-order valence-corrected chi connectivity index (χ0v) is 18.0. The van der Waals surface area contributed by atoms with Crippen LogP contribution >= 0.6 is 11.3 Å². The summed E-state index contributed by atoms with van der Waals surface area (Å²) in [6, 6.07) is 8.30. The summed E-state index contributed by atoms with van der Waals surface area (Å²) >= 11 is 1.50. The number of nitrogens with zero attached hydrogens (tertiary/aromatic N) is 1. The van der Waals surface area contributed by atoms with E-state index in [1.54, 1.807) is 12.1 Å². The van der Waals surface area contributed by atoms with E-state index in [1.807, 2.05) is 6.92 Å². The predicted molar refractivity (Wildman–Crippen MR) is 113 cm³/mol. The highest BCUT2D eigenvalue weighted by atomic mass is 32.2. The molecular formula is C20H24N4O3S2. The highest BCUT2D eigenvalue weighted by Crippen LogP contribution is 2.39. The van der Waals surface area contributed by atoms with Gasteiger partial charge in [-0.3, -0.25) is 4.79 Å². The molecule has 1 aromatic heterocycles. The van der Waals surface area contributed by atoms with Gasteiger partial charge in [0, 0.05) is 10.9 Å². The summed E-state index contributed by atoms with van der Waals surface area (Å²) in [5.41, 5.74) is 2.52. The first-order valence-corrected chi connectivity index (χ1v) is 11.8. The van der Waals surface area contributed by atoms with E-state index in [2.05, 4.69) is 23.6 Å². The zero-order valence-electron chi connectivity index (χ0n) is 16.4. The Kier molecular flexibility index (Phi) is 6.39. The van der Waals surface area contributed by atoms with Crippen molar-refractivity contribution >= 4 is 32.3 Å². The van der Waals surface area contributed by atoms with E-state index in [1.165, 1.54) is 28.3 Å². The number of primary sulfonamides is 1. The molecule has 4 N–H and O–H groups in total. The minimum atomic E-state index is -3.73. The molecule has 29 heavy (non-hydrogen) atoms. The molecule has 1 aliphatic carbocycles. The van der Waals surface area contributed by atoms with Crippen molar-refractivity contribution in [1.82, 2.24) is 5.32 Å². The molecule has 0 saturated carbocycles. The highest BCUT2D eigenvalue weighted by molar-refractivity contribution is 7.89. The van der Waals surface area contributed by atoms with Gasteiger partial charge in [-0.15, -0.1) is 11.3 Å². The molecule has 0 spiro atoms. The Morgan fingerprint density at radius 3 is 2.69 bits per heavy atom. The third-order valence-electron chi connectivity index (χ3n) is 5.15. The van der Waals surface area contributed by atoms with Crippen LogP contribution in [-0.4, -0.2) is 20.9 Å². The second-order valence-electron chi connectivity index (χ2n) is 7.43.